The van der Waals surface area contributed by atoms with Crippen molar-refractivity contribution in [2.24, 2.45) is 0 Å². The standard InChI is InChI=1S/C48H82NO8P/c1-3-5-7-9-11-13-15-17-19-21-23-25-27-29-31-33-35-37-39-41-48(52)55-44-46(50)45-57-58(53,54)56-43-42-49-47(51)40-38-36-34-32-30-28-26-24-22-20-18-16-14-12-10-8-6-4-2/h5,7,11,13,17,19-20,22-23,25,29,31,35,37,46,50H,3-4,6,8-10,12,14-16,18,21,24,26-28,30,32-34,36,38-45H2,1-2H3,(H,49,51)(H,53,54)/b7-5-,13-11-,19-17-,22-20-,25-23-,31-29-,37-35-. The van der Waals surface area contributed by atoms with Gasteiger partial charge in [-0.2, -0.15) is 0 Å². The van der Waals surface area contributed by atoms with E-state index in [1.54, 1.807) is 0 Å². The SMILES string of the molecule is CC/C=C\C/C=C\C/C=C\C/C=C\C/C=C\C/C=C\CCC(=O)OCC(O)COP(=O)(O)OCCNC(=O)CCCCCCCCC/C=C\CCCCCCCCC. The Morgan fingerprint density at radius 1 is 0.552 bits per heavy atom. The second kappa shape index (κ2) is 43.8. The third-order valence-electron chi connectivity index (χ3n) is 9.07. The highest BCUT2D eigenvalue weighted by Crippen LogP contribution is 2.42. The summed E-state index contributed by atoms with van der Waals surface area (Å²) in [7, 11) is -4.44. The number of aliphatic hydroxyl groups excluding tert-OH is 1. The first-order valence-corrected chi connectivity index (χ1v) is 24.1. The van der Waals surface area contributed by atoms with Crippen LogP contribution in [0.3, 0.4) is 0 Å². The van der Waals surface area contributed by atoms with Crippen molar-refractivity contribution in [3.8, 4) is 0 Å². The summed E-state index contributed by atoms with van der Waals surface area (Å²) in [5.74, 6) is -0.612. The van der Waals surface area contributed by atoms with Crippen LogP contribution < -0.4 is 5.32 Å². The van der Waals surface area contributed by atoms with Crippen molar-refractivity contribution in [1.29, 1.82) is 0 Å². The Kier molecular flexibility index (Phi) is 41.6. The zero-order valence-corrected chi connectivity index (χ0v) is 37.4. The topological polar surface area (TPSA) is 131 Å². The summed E-state index contributed by atoms with van der Waals surface area (Å²) in [4.78, 5) is 33.9. The molecule has 0 spiro atoms. The highest BCUT2D eigenvalue weighted by atomic mass is 31.2. The molecule has 2 unspecified atom stereocenters. The number of carbonyl (C=O) groups excluding carboxylic acids is 2. The highest BCUT2D eigenvalue weighted by molar-refractivity contribution is 7.47. The Morgan fingerprint density at radius 3 is 1.52 bits per heavy atom. The van der Waals surface area contributed by atoms with Crippen molar-refractivity contribution in [1.82, 2.24) is 5.32 Å². The fraction of sp³-hybridized carbons (Fsp3) is 0.667. The molecule has 332 valence electrons. The van der Waals surface area contributed by atoms with E-state index in [9.17, 15) is 24.2 Å². The molecule has 0 aromatic carbocycles. The second-order valence-electron chi connectivity index (χ2n) is 14.6. The van der Waals surface area contributed by atoms with E-state index < -0.39 is 26.5 Å². The van der Waals surface area contributed by atoms with Gasteiger partial charge in [-0.3, -0.25) is 18.6 Å². The number of carbonyl (C=O) groups is 2. The molecule has 0 aliphatic heterocycles. The van der Waals surface area contributed by atoms with Gasteiger partial charge in [-0.25, -0.2) is 4.57 Å². The maximum Gasteiger partial charge on any atom is 0.472 e. The van der Waals surface area contributed by atoms with Gasteiger partial charge < -0.3 is 20.1 Å². The number of allylic oxidation sites excluding steroid dienone is 14. The van der Waals surface area contributed by atoms with Crippen LogP contribution in [0, 0.1) is 0 Å². The fourth-order valence-corrected chi connectivity index (χ4v) is 6.45. The van der Waals surface area contributed by atoms with Crippen LogP contribution in [0.15, 0.2) is 85.1 Å². The number of amides is 1. The van der Waals surface area contributed by atoms with Gasteiger partial charge in [0, 0.05) is 19.4 Å². The number of ether oxygens (including phenoxy) is 1. The van der Waals surface area contributed by atoms with Gasteiger partial charge in [0.1, 0.15) is 12.7 Å². The third kappa shape index (κ3) is 44.3. The molecule has 0 heterocycles. The zero-order chi connectivity index (χ0) is 42.5. The van der Waals surface area contributed by atoms with E-state index in [-0.39, 0.29) is 32.1 Å². The van der Waals surface area contributed by atoms with Crippen molar-refractivity contribution >= 4 is 19.7 Å². The molecule has 10 heteroatoms. The third-order valence-corrected chi connectivity index (χ3v) is 10.1. The predicted molar refractivity (Wildman–Crippen MR) is 242 cm³/mol. The van der Waals surface area contributed by atoms with Gasteiger partial charge in [0.2, 0.25) is 5.91 Å². The fourth-order valence-electron chi connectivity index (χ4n) is 5.69. The number of phosphoric ester groups is 1. The van der Waals surface area contributed by atoms with E-state index in [0.717, 1.165) is 57.8 Å². The predicted octanol–water partition coefficient (Wildman–Crippen LogP) is 12.8. The van der Waals surface area contributed by atoms with Crippen LogP contribution in [0.4, 0.5) is 0 Å². The van der Waals surface area contributed by atoms with Crippen LogP contribution >= 0.6 is 7.82 Å². The van der Waals surface area contributed by atoms with Gasteiger partial charge in [0.25, 0.3) is 0 Å². The molecular formula is C48H82NO8P. The molecule has 0 fully saturated rings. The van der Waals surface area contributed by atoms with E-state index in [1.165, 1.54) is 83.5 Å². The summed E-state index contributed by atoms with van der Waals surface area (Å²) in [5, 5.41) is 12.7. The minimum Gasteiger partial charge on any atom is -0.463 e. The van der Waals surface area contributed by atoms with Gasteiger partial charge in [0.05, 0.1) is 13.2 Å². The number of esters is 1. The van der Waals surface area contributed by atoms with Gasteiger partial charge in [0.15, 0.2) is 0 Å². The van der Waals surface area contributed by atoms with Crippen LogP contribution in [0.25, 0.3) is 0 Å². The van der Waals surface area contributed by atoms with Crippen molar-refractivity contribution in [2.45, 2.75) is 180 Å². The molecule has 0 aromatic heterocycles. The molecule has 0 rings (SSSR count). The number of nitrogens with one attached hydrogen (secondary N) is 1. The number of hydrogen-bond acceptors (Lipinski definition) is 7. The van der Waals surface area contributed by atoms with Gasteiger partial charge in [-0.05, 0) is 77.0 Å². The molecule has 3 N–H and O–H groups in total. The maximum absolute atomic E-state index is 12.1. The first-order chi connectivity index (χ1) is 28.3. The monoisotopic (exact) mass is 832 g/mol. The van der Waals surface area contributed by atoms with Crippen molar-refractivity contribution < 1.29 is 37.9 Å². The average Bonchev–Trinajstić information content (AvgIpc) is 3.21. The molecule has 9 nitrogen and oxygen atoms in total. The summed E-state index contributed by atoms with van der Waals surface area (Å²) < 4.78 is 26.8. The molecule has 0 aliphatic carbocycles. The smallest absolute Gasteiger partial charge is 0.463 e. The second-order valence-corrected chi connectivity index (χ2v) is 16.1. The van der Waals surface area contributed by atoms with Crippen molar-refractivity contribution in [3.63, 3.8) is 0 Å². The summed E-state index contributed by atoms with van der Waals surface area (Å²) in [6.07, 6.45) is 55.3. The van der Waals surface area contributed by atoms with Gasteiger partial charge in [-0.15, -0.1) is 0 Å². The first-order valence-electron chi connectivity index (χ1n) is 22.6. The molecule has 0 aliphatic rings. The van der Waals surface area contributed by atoms with Crippen molar-refractivity contribution in [3.05, 3.63) is 85.1 Å². The first kappa shape index (κ1) is 55.2. The van der Waals surface area contributed by atoms with Crippen LogP contribution in [0.1, 0.15) is 174 Å². The van der Waals surface area contributed by atoms with E-state index in [0.29, 0.717) is 12.8 Å². The Hall–Kier alpha value is -2.81. The quantitative estimate of drug-likeness (QED) is 0.0240. The lowest BCUT2D eigenvalue weighted by molar-refractivity contribution is -0.147. The number of aliphatic hydroxyl groups is 1. The molecule has 0 saturated carbocycles. The average molecular weight is 832 g/mol. The Morgan fingerprint density at radius 2 is 1.00 bits per heavy atom. The molecule has 1 amide bonds. The van der Waals surface area contributed by atoms with Crippen LogP contribution in [-0.2, 0) is 27.9 Å². The minimum atomic E-state index is -4.44. The minimum absolute atomic E-state index is 0.0666. The molecular weight excluding hydrogens is 750 g/mol. The van der Waals surface area contributed by atoms with E-state index >= 15 is 0 Å². The van der Waals surface area contributed by atoms with Crippen LogP contribution in [-0.4, -0.2) is 54.3 Å². The number of rotatable bonds is 41. The van der Waals surface area contributed by atoms with Crippen LogP contribution in [0.2, 0.25) is 0 Å². The van der Waals surface area contributed by atoms with E-state index in [4.69, 9.17) is 13.8 Å². The van der Waals surface area contributed by atoms with Crippen LogP contribution in [0.5, 0.6) is 0 Å². The molecule has 0 radical (unpaired) electrons. The molecule has 0 bridgehead atoms. The molecule has 58 heavy (non-hydrogen) atoms. The summed E-state index contributed by atoms with van der Waals surface area (Å²) in [5.41, 5.74) is 0. The lowest BCUT2D eigenvalue weighted by Gasteiger charge is -2.15. The zero-order valence-electron chi connectivity index (χ0n) is 36.5. The van der Waals surface area contributed by atoms with E-state index in [1.807, 2.05) is 12.2 Å². The maximum atomic E-state index is 12.1. The lowest BCUT2D eigenvalue weighted by atomic mass is 10.1. The summed E-state index contributed by atoms with van der Waals surface area (Å²) >= 11 is 0. The molecule has 2 atom stereocenters. The Bertz CT molecular complexity index is 1220. The molecule has 0 aromatic rings. The van der Waals surface area contributed by atoms with E-state index in [2.05, 4.69) is 92.1 Å². The summed E-state index contributed by atoms with van der Waals surface area (Å²) in [6.45, 7) is 3.34. The number of phosphoric acid groups is 1. The normalized spacial score (nSPS) is 14.1. The number of hydrogen-bond donors (Lipinski definition) is 3. The molecule has 0 saturated heterocycles. The number of unbranched alkanes of at least 4 members (excludes halogenated alkanes) is 14. The van der Waals surface area contributed by atoms with Gasteiger partial charge in [-0.1, -0.05) is 170 Å². The highest BCUT2D eigenvalue weighted by Gasteiger charge is 2.23. The largest absolute Gasteiger partial charge is 0.472 e. The summed E-state index contributed by atoms with van der Waals surface area (Å²) in [6, 6.07) is 0. The van der Waals surface area contributed by atoms with Crippen molar-refractivity contribution in [2.75, 3.05) is 26.4 Å². The van der Waals surface area contributed by atoms with Gasteiger partial charge >= 0.3 is 13.8 Å². The Labute approximate surface area is 353 Å². The lowest BCUT2D eigenvalue weighted by Crippen LogP contribution is -2.27. The Balaban J connectivity index is 3.71.